The fourth-order valence-corrected chi connectivity index (χ4v) is 4.44. The minimum Gasteiger partial charge on any atom is -0.234 e. The molecule has 0 aliphatic heterocycles. The second kappa shape index (κ2) is 14.1. The smallest absolute Gasteiger partial charge is 0.234 e. The Hall–Kier alpha value is -0.990. The van der Waals surface area contributed by atoms with Gasteiger partial charge >= 0.3 is 0 Å². The molecule has 29 heavy (non-hydrogen) atoms. The zero-order valence-electron chi connectivity index (χ0n) is 18.4. The van der Waals surface area contributed by atoms with Crippen molar-refractivity contribution in [1.29, 1.82) is 0 Å². The highest BCUT2D eigenvalue weighted by Crippen LogP contribution is 2.24. The first-order chi connectivity index (χ1) is 14.1. The molecule has 1 heterocycles. The summed E-state index contributed by atoms with van der Waals surface area (Å²) in [6.07, 6.45) is 21.0. The Kier molecular flexibility index (Phi) is 11.8. The van der Waals surface area contributed by atoms with Crippen LogP contribution in [0, 0.1) is 6.92 Å². The third-order valence-corrected chi connectivity index (χ3v) is 6.61. The maximum absolute atomic E-state index is 6.33. The Balaban J connectivity index is 1.60. The highest BCUT2D eigenvalue weighted by Gasteiger charge is 2.15. The number of rotatable bonds is 15. The van der Waals surface area contributed by atoms with Crippen LogP contribution in [0.3, 0.4) is 0 Å². The van der Waals surface area contributed by atoms with Gasteiger partial charge in [-0.1, -0.05) is 100 Å². The molecule has 0 bridgehead atoms. The van der Waals surface area contributed by atoms with Crippen LogP contribution in [-0.4, -0.2) is 4.57 Å². The minimum absolute atomic E-state index is 0.718. The molecule has 0 N–H and O–H groups in total. The third-order valence-electron chi connectivity index (χ3n) is 5.90. The van der Waals surface area contributed by atoms with Crippen LogP contribution in [0.1, 0.15) is 95.4 Å². The number of aryl methyl sites for hydroxylation is 1. The highest BCUT2D eigenvalue weighted by atomic mass is 35.5. The average molecular weight is 439 g/mol. The second-order valence-corrected chi connectivity index (χ2v) is 9.07. The van der Waals surface area contributed by atoms with Gasteiger partial charge in [0, 0.05) is 22.5 Å². The van der Waals surface area contributed by atoms with Gasteiger partial charge in [-0.15, -0.1) is 0 Å². The van der Waals surface area contributed by atoms with E-state index in [4.69, 9.17) is 23.2 Å². The second-order valence-electron chi connectivity index (χ2n) is 8.26. The van der Waals surface area contributed by atoms with Gasteiger partial charge in [0.1, 0.15) is 18.9 Å². The fraction of sp³-hybridized carbons (Fsp3) is 0.640. The van der Waals surface area contributed by atoms with E-state index in [0.29, 0.717) is 0 Å². The van der Waals surface area contributed by atoms with Crippen molar-refractivity contribution in [3.8, 4) is 0 Å². The van der Waals surface area contributed by atoms with Gasteiger partial charge < -0.3 is 0 Å². The number of unbranched alkanes of at least 4 members (excludes halogenated alkanes) is 11. The van der Waals surface area contributed by atoms with E-state index in [1.54, 1.807) is 0 Å². The maximum Gasteiger partial charge on any atom is 0.253 e. The van der Waals surface area contributed by atoms with Crippen LogP contribution in [0.2, 0.25) is 10.0 Å². The Morgan fingerprint density at radius 1 is 0.793 bits per heavy atom. The number of nitrogens with zero attached hydrogens (tertiary/aromatic N) is 2. The van der Waals surface area contributed by atoms with Gasteiger partial charge in [0.15, 0.2) is 0 Å². The lowest BCUT2D eigenvalue weighted by atomic mass is 10.1. The van der Waals surface area contributed by atoms with E-state index in [1.165, 1.54) is 82.9 Å². The van der Waals surface area contributed by atoms with E-state index < -0.39 is 0 Å². The molecule has 1 aromatic heterocycles. The molecular formula is C25H39Cl2N2+. The predicted octanol–water partition coefficient (Wildman–Crippen LogP) is 8.14. The maximum atomic E-state index is 6.33. The Morgan fingerprint density at radius 2 is 1.31 bits per heavy atom. The zero-order chi connectivity index (χ0) is 20.9. The molecule has 0 saturated heterocycles. The Bertz CT molecular complexity index is 689. The first-order valence-electron chi connectivity index (χ1n) is 11.6. The number of benzene rings is 1. The van der Waals surface area contributed by atoms with Gasteiger partial charge in [-0.2, -0.15) is 0 Å². The molecule has 0 aliphatic carbocycles. The Morgan fingerprint density at radius 3 is 1.86 bits per heavy atom. The van der Waals surface area contributed by atoms with E-state index in [2.05, 4.69) is 35.4 Å². The van der Waals surface area contributed by atoms with Gasteiger partial charge in [-0.05, 0) is 25.0 Å². The minimum atomic E-state index is 0.718. The summed E-state index contributed by atoms with van der Waals surface area (Å²) >= 11 is 12.7. The molecule has 0 fully saturated rings. The molecular weight excluding hydrogens is 399 g/mol. The van der Waals surface area contributed by atoms with Crippen molar-refractivity contribution in [2.75, 3.05) is 0 Å². The number of hydrogen-bond donors (Lipinski definition) is 0. The lowest BCUT2D eigenvalue weighted by molar-refractivity contribution is -0.693. The first-order valence-corrected chi connectivity index (χ1v) is 12.4. The largest absolute Gasteiger partial charge is 0.253 e. The summed E-state index contributed by atoms with van der Waals surface area (Å²) in [5, 5.41) is 1.47. The van der Waals surface area contributed by atoms with E-state index in [-0.39, 0.29) is 0 Å². The molecule has 162 valence electrons. The average Bonchev–Trinajstić information content (AvgIpc) is 3.05. The highest BCUT2D eigenvalue weighted by molar-refractivity contribution is 6.35. The molecule has 0 atom stereocenters. The van der Waals surface area contributed by atoms with Crippen LogP contribution in [0.5, 0.6) is 0 Å². The molecule has 2 nitrogen and oxygen atoms in total. The van der Waals surface area contributed by atoms with Crippen LogP contribution in [0.4, 0.5) is 0 Å². The van der Waals surface area contributed by atoms with Crippen LogP contribution in [0.15, 0.2) is 30.6 Å². The van der Waals surface area contributed by atoms with Crippen LogP contribution in [-0.2, 0) is 13.1 Å². The molecule has 0 aliphatic rings. The molecule has 0 radical (unpaired) electrons. The lowest BCUT2D eigenvalue weighted by Gasteiger charge is -2.06. The third kappa shape index (κ3) is 8.72. The van der Waals surface area contributed by atoms with Crippen molar-refractivity contribution in [2.45, 2.75) is 104 Å². The fourth-order valence-electron chi connectivity index (χ4n) is 3.92. The Labute approximate surface area is 188 Å². The SMILES string of the molecule is CCCCCCCCCCCCCCn1cc[n+](Cc2c(Cl)cccc2Cl)c1C. The summed E-state index contributed by atoms with van der Waals surface area (Å²) in [5.74, 6) is 1.25. The number of aromatic nitrogens is 2. The first kappa shape index (κ1) is 24.3. The quantitative estimate of drug-likeness (QED) is 0.196. The van der Waals surface area contributed by atoms with Crippen LogP contribution >= 0.6 is 23.2 Å². The molecule has 0 amide bonds. The molecule has 2 rings (SSSR count). The monoisotopic (exact) mass is 437 g/mol. The van der Waals surface area contributed by atoms with Crippen molar-refractivity contribution in [3.63, 3.8) is 0 Å². The van der Waals surface area contributed by atoms with Gasteiger partial charge in [0.2, 0.25) is 0 Å². The van der Waals surface area contributed by atoms with Gasteiger partial charge in [0.25, 0.3) is 5.82 Å². The molecule has 4 heteroatoms. The molecule has 0 saturated carbocycles. The van der Waals surface area contributed by atoms with E-state index in [9.17, 15) is 0 Å². The van der Waals surface area contributed by atoms with Crippen molar-refractivity contribution in [3.05, 3.63) is 52.0 Å². The standard InChI is InChI=1S/C25H39Cl2N2/c1-3-4-5-6-7-8-9-10-11-12-13-14-18-28-19-20-29(22(28)2)21-23-24(26)16-15-17-25(23)27/h15-17,19-20H,3-14,18,21H2,1-2H3/q+1. The lowest BCUT2D eigenvalue weighted by Crippen LogP contribution is -2.36. The number of imidazole rings is 1. The molecule has 0 spiro atoms. The summed E-state index contributed by atoms with van der Waals surface area (Å²) in [6.45, 7) is 6.26. The van der Waals surface area contributed by atoms with Crippen molar-refractivity contribution < 1.29 is 4.57 Å². The van der Waals surface area contributed by atoms with Crippen LogP contribution in [0.25, 0.3) is 0 Å². The predicted molar refractivity (Wildman–Crippen MR) is 126 cm³/mol. The summed E-state index contributed by atoms with van der Waals surface area (Å²) < 4.78 is 4.58. The van der Waals surface area contributed by atoms with Gasteiger partial charge in [-0.3, -0.25) is 0 Å². The van der Waals surface area contributed by atoms with E-state index in [1.807, 2.05) is 18.2 Å². The van der Waals surface area contributed by atoms with Crippen molar-refractivity contribution in [1.82, 2.24) is 4.57 Å². The molecule has 2 aromatic rings. The van der Waals surface area contributed by atoms with Crippen molar-refractivity contribution in [2.24, 2.45) is 0 Å². The van der Waals surface area contributed by atoms with E-state index in [0.717, 1.165) is 28.7 Å². The topological polar surface area (TPSA) is 8.81 Å². The van der Waals surface area contributed by atoms with Crippen LogP contribution < -0.4 is 4.57 Å². The number of halogens is 2. The normalized spacial score (nSPS) is 11.3. The summed E-state index contributed by atoms with van der Waals surface area (Å²) in [7, 11) is 0. The van der Waals surface area contributed by atoms with Gasteiger partial charge in [0.05, 0.1) is 6.54 Å². The molecule has 1 aromatic carbocycles. The summed E-state index contributed by atoms with van der Waals surface area (Å²) in [6, 6.07) is 5.70. The van der Waals surface area contributed by atoms with Gasteiger partial charge in [-0.25, -0.2) is 9.13 Å². The van der Waals surface area contributed by atoms with E-state index >= 15 is 0 Å². The molecule has 0 unspecified atom stereocenters. The van der Waals surface area contributed by atoms with Crippen molar-refractivity contribution >= 4 is 23.2 Å². The summed E-state index contributed by atoms with van der Waals surface area (Å²) in [4.78, 5) is 0. The number of hydrogen-bond acceptors (Lipinski definition) is 0. The summed E-state index contributed by atoms with van der Waals surface area (Å²) in [5.41, 5.74) is 0.993. The zero-order valence-corrected chi connectivity index (χ0v) is 19.9.